The SMILES string of the molecule is Cc1cccc(C)c1Nc1nncc(Nc2ccccc2Cl)n1. The maximum absolute atomic E-state index is 6.14. The number of rotatable bonds is 4. The number of aromatic nitrogens is 3. The highest BCUT2D eigenvalue weighted by atomic mass is 35.5. The fraction of sp³-hybridized carbons (Fsp3) is 0.118. The molecule has 3 rings (SSSR count). The standard InChI is InChI=1S/C17H16ClN5/c1-11-6-5-7-12(2)16(11)22-17-21-15(10-19-23-17)20-14-9-4-3-8-13(14)18/h3-10H,1-2H3,(H2,20,21,22,23). The van der Waals surface area contributed by atoms with Gasteiger partial charge >= 0.3 is 0 Å². The fourth-order valence-electron chi connectivity index (χ4n) is 2.24. The average Bonchev–Trinajstić information content (AvgIpc) is 2.54. The van der Waals surface area contributed by atoms with Gasteiger partial charge in [0.05, 0.1) is 16.9 Å². The van der Waals surface area contributed by atoms with E-state index in [-0.39, 0.29) is 0 Å². The number of hydrogen-bond donors (Lipinski definition) is 2. The van der Waals surface area contributed by atoms with Gasteiger partial charge in [-0.25, -0.2) is 0 Å². The van der Waals surface area contributed by atoms with Crippen LogP contribution in [-0.4, -0.2) is 15.2 Å². The topological polar surface area (TPSA) is 62.7 Å². The number of halogens is 1. The van der Waals surface area contributed by atoms with E-state index in [9.17, 15) is 0 Å². The minimum absolute atomic E-state index is 0.430. The molecule has 116 valence electrons. The maximum atomic E-state index is 6.14. The molecule has 2 N–H and O–H groups in total. The molecule has 0 saturated carbocycles. The van der Waals surface area contributed by atoms with Crippen LogP contribution in [-0.2, 0) is 0 Å². The van der Waals surface area contributed by atoms with Gasteiger partial charge in [-0.05, 0) is 37.1 Å². The molecule has 1 heterocycles. The maximum Gasteiger partial charge on any atom is 0.249 e. The molecular formula is C17H16ClN5. The monoisotopic (exact) mass is 325 g/mol. The second kappa shape index (κ2) is 6.62. The summed E-state index contributed by atoms with van der Waals surface area (Å²) in [7, 11) is 0. The van der Waals surface area contributed by atoms with Gasteiger partial charge in [-0.15, -0.1) is 5.10 Å². The summed E-state index contributed by atoms with van der Waals surface area (Å²) in [6.45, 7) is 4.07. The molecule has 0 atom stereocenters. The van der Waals surface area contributed by atoms with Crippen molar-refractivity contribution in [1.82, 2.24) is 15.2 Å². The lowest BCUT2D eigenvalue weighted by Gasteiger charge is -2.12. The van der Waals surface area contributed by atoms with Crippen LogP contribution in [0.25, 0.3) is 0 Å². The number of aryl methyl sites for hydroxylation is 2. The molecule has 2 aromatic carbocycles. The normalized spacial score (nSPS) is 10.4. The van der Waals surface area contributed by atoms with Crippen molar-refractivity contribution in [2.24, 2.45) is 0 Å². The molecule has 0 aliphatic carbocycles. The Hall–Kier alpha value is -2.66. The molecule has 3 aromatic rings. The molecule has 0 radical (unpaired) electrons. The molecule has 6 heteroatoms. The van der Waals surface area contributed by atoms with Gasteiger partial charge in [0, 0.05) is 5.69 Å². The predicted octanol–water partition coefficient (Wildman–Crippen LogP) is 4.63. The van der Waals surface area contributed by atoms with Crippen molar-refractivity contribution >= 4 is 34.7 Å². The summed E-state index contributed by atoms with van der Waals surface area (Å²) in [5.74, 6) is 1.00. The van der Waals surface area contributed by atoms with Crippen LogP contribution >= 0.6 is 11.6 Å². The van der Waals surface area contributed by atoms with E-state index in [2.05, 4.69) is 25.8 Å². The minimum Gasteiger partial charge on any atom is -0.338 e. The number of nitrogens with zero attached hydrogens (tertiary/aromatic N) is 3. The molecule has 0 amide bonds. The largest absolute Gasteiger partial charge is 0.338 e. The Bertz CT molecular complexity index is 814. The Morgan fingerprint density at radius 3 is 2.39 bits per heavy atom. The predicted molar refractivity (Wildman–Crippen MR) is 93.8 cm³/mol. The summed E-state index contributed by atoms with van der Waals surface area (Å²) in [5, 5.41) is 15.0. The average molecular weight is 326 g/mol. The Kier molecular flexibility index (Phi) is 4.39. The highest BCUT2D eigenvalue weighted by Crippen LogP contribution is 2.25. The molecule has 0 bridgehead atoms. The first-order valence-corrected chi connectivity index (χ1v) is 7.56. The van der Waals surface area contributed by atoms with Gasteiger partial charge in [-0.3, -0.25) is 0 Å². The molecule has 23 heavy (non-hydrogen) atoms. The van der Waals surface area contributed by atoms with E-state index >= 15 is 0 Å². The summed E-state index contributed by atoms with van der Waals surface area (Å²) in [6, 6.07) is 13.6. The van der Waals surface area contributed by atoms with Gasteiger partial charge in [0.25, 0.3) is 0 Å². The van der Waals surface area contributed by atoms with Gasteiger partial charge in [0.1, 0.15) is 0 Å². The molecule has 0 spiro atoms. The van der Waals surface area contributed by atoms with E-state index in [4.69, 9.17) is 11.6 Å². The van der Waals surface area contributed by atoms with Gasteiger partial charge in [-0.1, -0.05) is 41.9 Å². The van der Waals surface area contributed by atoms with Crippen LogP contribution in [0.2, 0.25) is 5.02 Å². The molecule has 0 aliphatic rings. The molecule has 0 unspecified atom stereocenters. The van der Waals surface area contributed by atoms with Crippen molar-refractivity contribution in [3.63, 3.8) is 0 Å². The van der Waals surface area contributed by atoms with E-state index in [0.717, 1.165) is 22.5 Å². The van der Waals surface area contributed by atoms with Crippen LogP contribution in [0, 0.1) is 13.8 Å². The number of hydrogen-bond acceptors (Lipinski definition) is 5. The summed E-state index contributed by atoms with van der Waals surface area (Å²) < 4.78 is 0. The number of benzene rings is 2. The Balaban J connectivity index is 1.84. The van der Waals surface area contributed by atoms with Gasteiger partial charge < -0.3 is 10.6 Å². The fourth-order valence-corrected chi connectivity index (χ4v) is 2.42. The number of para-hydroxylation sites is 2. The lowest BCUT2D eigenvalue weighted by atomic mass is 10.1. The van der Waals surface area contributed by atoms with Crippen LogP contribution in [0.15, 0.2) is 48.7 Å². The molecule has 0 fully saturated rings. The van der Waals surface area contributed by atoms with Crippen molar-refractivity contribution in [1.29, 1.82) is 0 Å². The third-order valence-corrected chi connectivity index (χ3v) is 3.74. The number of nitrogens with one attached hydrogen (secondary N) is 2. The lowest BCUT2D eigenvalue weighted by molar-refractivity contribution is 0.981. The van der Waals surface area contributed by atoms with Gasteiger partial charge in [0.15, 0.2) is 5.82 Å². The minimum atomic E-state index is 0.430. The van der Waals surface area contributed by atoms with E-state index < -0.39 is 0 Å². The Morgan fingerprint density at radius 2 is 1.65 bits per heavy atom. The van der Waals surface area contributed by atoms with Crippen LogP contribution in [0.5, 0.6) is 0 Å². The quantitative estimate of drug-likeness (QED) is 0.732. The van der Waals surface area contributed by atoms with Gasteiger partial charge in [-0.2, -0.15) is 10.1 Å². The third-order valence-electron chi connectivity index (χ3n) is 3.41. The van der Waals surface area contributed by atoms with Crippen LogP contribution < -0.4 is 10.6 Å². The van der Waals surface area contributed by atoms with Crippen LogP contribution in [0.3, 0.4) is 0 Å². The third kappa shape index (κ3) is 3.57. The molecule has 1 aromatic heterocycles. The van der Waals surface area contributed by atoms with E-state index in [1.54, 1.807) is 6.20 Å². The van der Waals surface area contributed by atoms with E-state index in [1.165, 1.54) is 0 Å². The van der Waals surface area contributed by atoms with Crippen molar-refractivity contribution in [3.05, 3.63) is 64.8 Å². The Labute approximate surface area is 139 Å². The zero-order valence-electron chi connectivity index (χ0n) is 12.8. The highest BCUT2D eigenvalue weighted by molar-refractivity contribution is 6.33. The summed E-state index contributed by atoms with van der Waals surface area (Å²) >= 11 is 6.14. The lowest BCUT2D eigenvalue weighted by Crippen LogP contribution is -2.04. The van der Waals surface area contributed by atoms with Crippen molar-refractivity contribution in [2.45, 2.75) is 13.8 Å². The smallest absolute Gasteiger partial charge is 0.249 e. The summed E-state index contributed by atoms with van der Waals surface area (Å²) in [5.41, 5.74) is 4.01. The highest BCUT2D eigenvalue weighted by Gasteiger charge is 2.07. The summed E-state index contributed by atoms with van der Waals surface area (Å²) in [4.78, 5) is 4.43. The zero-order valence-corrected chi connectivity index (χ0v) is 13.6. The first kappa shape index (κ1) is 15.2. The first-order valence-electron chi connectivity index (χ1n) is 7.18. The van der Waals surface area contributed by atoms with Crippen molar-refractivity contribution in [3.8, 4) is 0 Å². The first-order chi connectivity index (χ1) is 11.1. The van der Waals surface area contributed by atoms with Crippen molar-refractivity contribution < 1.29 is 0 Å². The molecule has 0 aliphatic heterocycles. The zero-order chi connectivity index (χ0) is 16.2. The van der Waals surface area contributed by atoms with Crippen LogP contribution in [0.1, 0.15) is 11.1 Å². The molecular weight excluding hydrogens is 310 g/mol. The molecule has 0 saturated heterocycles. The van der Waals surface area contributed by atoms with E-state index in [1.807, 2.05) is 56.3 Å². The van der Waals surface area contributed by atoms with Gasteiger partial charge in [0.2, 0.25) is 5.95 Å². The molecule has 5 nitrogen and oxygen atoms in total. The number of anilines is 4. The summed E-state index contributed by atoms with van der Waals surface area (Å²) in [6.07, 6.45) is 1.55. The second-order valence-electron chi connectivity index (χ2n) is 5.16. The van der Waals surface area contributed by atoms with Crippen molar-refractivity contribution in [2.75, 3.05) is 10.6 Å². The Morgan fingerprint density at radius 1 is 0.913 bits per heavy atom. The van der Waals surface area contributed by atoms with E-state index in [0.29, 0.717) is 16.8 Å². The second-order valence-corrected chi connectivity index (χ2v) is 5.57. The van der Waals surface area contributed by atoms with Crippen LogP contribution in [0.4, 0.5) is 23.1 Å².